The van der Waals surface area contributed by atoms with Crippen LogP contribution in [0.3, 0.4) is 0 Å². The second-order valence-electron chi connectivity index (χ2n) is 4.81. The maximum atomic E-state index is 11.2. The SMILES string of the molecule is O=C/C(=C/c1ccc(-c2ccccc2Cl)o1)SC(=S)NCCC(=O)O. The van der Waals surface area contributed by atoms with Crippen LogP contribution in [-0.4, -0.2) is 28.2 Å². The predicted molar refractivity (Wildman–Crippen MR) is 104 cm³/mol. The van der Waals surface area contributed by atoms with Gasteiger partial charge in [-0.1, -0.05) is 47.7 Å². The molecule has 0 aliphatic heterocycles. The Hall–Kier alpha value is -2.09. The van der Waals surface area contributed by atoms with E-state index >= 15 is 0 Å². The van der Waals surface area contributed by atoms with E-state index in [1.54, 1.807) is 24.3 Å². The molecule has 0 atom stereocenters. The Morgan fingerprint density at radius 2 is 2.08 bits per heavy atom. The molecule has 0 aliphatic rings. The Kier molecular flexibility index (Phi) is 7.24. The van der Waals surface area contributed by atoms with Crippen LogP contribution < -0.4 is 5.32 Å². The van der Waals surface area contributed by atoms with Gasteiger partial charge >= 0.3 is 5.97 Å². The van der Waals surface area contributed by atoms with E-state index in [4.69, 9.17) is 33.3 Å². The largest absolute Gasteiger partial charge is 0.481 e. The van der Waals surface area contributed by atoms with Gasteiger partial charge in [0, 0.05) is 12.1 Å². The minimum atomic E-state index is -0.922. The molecule has 8 heteroatoms. The number of halogens is 1. The van der Waals surface area contributed by atoms with Crippen LogP contribution in [0, 0.1) is 0 Å². The average molecular weight is 396 g/mol. The summed E-state index contributed by atoms with van der Waals surface area (Å²) in [4.78, 5) is 22.0. The number of nitrogens with one attached hydrogen (secondary N) is 1. The Morgan fingerprint density at radius 3 is 2.76 bits per heavy atom. The predicted octanol–water partition coefficient (Wildman–Crippen LogP) is 4.22. The van der Waals surface area contributed by atoms with Crippen molar-refractivity contribution in [3.8, 4) is 11.3 Å². The van der Waals surface area contributed by atoms with Gasteiger partial charge in [0.2, 0.25) is 0 Å². The van der Waals surface area contributed by atoms with E-state index < -0.39 is 5.97 Å². The number of rotatable bonds is 7. The summed E-state index contributed by atoms with van der Waals surface area (Å²) < 4.78 is 6.02. The fourth-order valence-electron chi connectivity index (χ4n) is 1.88. The lowest BCUT2D eigenvalue weighted by Crippen LogP contribution is -2.21. The smallest absolute Gasteiger partial charge is 0.305 e. The summed E-state index contributed by atoms with van der Waals surface area (Å²) in [5, 5.41) is 11.9. The third-order valence-corrected chi connectivity index (χ3v) is 4.49. The molecule has 1 aromatic carbocycles. The van der Waals surface area contributed by atoms with Crippen molar-refractivity contribution in [3.05, 3.63) is 52.1 Å². The van der Waals surface area contributed by atoms with Gasteiger partial charge in [0.25, 0.3) is 0 Å². The van der Waals surface area contributed by atoms with Crippen molar-refractivity contribution in [1.82, 2.24) is 5.32 Å². The zero-order valence-corrected chi connectivity index (χ0v) is 15.3. The summed E-state index contributed by atoms with van der Waals surface area (Å²) >= 11 is 12.2. The van der Waals surface area contributed by atoms with Gasteiger partial charge in [0.1, 0.15) is 15.8 Å². The topological polar surface area (TPSA) is 79.5 Å². The van der Waals surface area contributed by atoms with E-state index in [1.165, 1.54) is 0 Å². The van der Waals surface area contributed by atoms with E-state index in [2.05, 4.69) is 5.32 Å². The van der Waals surface area contributed by atoms with Crippen LogP contribution >= 0.6 is 35.6 Å². The molecular formula is C17H14ClNO4S2. The van der Waals surface area contributed by atoms with Crippen LogP contribution in [0.4, 0.5) is 0 Å². The number of carbonyl (C=O) groups excluding carboxylic acids is 1. The standard InChI is InChI=1S/C17H14ClNO4S2/c18-14-4-2-1-3-13(14)15-6-5-11(23-15)9-12(10-20)25-17(24)19-8-7-16(21)22/h1-6,9-10H,7-8H2,(H,19,24)(H,21,22)/b12-9-. The van der Waals surface area contributed by atoms with Crippen LogP contribution in [0.1, 0.15) is 12.2 Å². The van der Waals surface area contributed by atoms with Gasteiger partial charge in [-0.15, -0.1) is 0 Å². The molecule has 0 radical (unpaired) electrons. The van der Waals surface area contributed by atoms with Crippen molar-refractivity contribution < 1.29 is 19.1 Å². The van der Waals surface area contributed by atoms with Crippen molar-refractivity contribution in [1.29, 1.82) is 0 Å². The normalized spacial score (nSPS) is 11.2. The Morgan fingerprint density at radius 1 is 1.32 bits per heavy atom. The number of carboxylic acid groups (broad SMARTS) is 1. The summed E-state index contributed by atoms with van der Waals surface area (Å²) in [6.07, 6.45) is 2.16. The van der Waals surface area contributed by atoms with Crippen molar-refractivity contribution >= 4 is 58.2 Å². The van der Waals surface area contributed by atoms with E-state index in [1.807, 2.05) is 18.2 Å². The number of thioether (sulfide) groups is 1. The molecule has 0 saturated heterocycles. The molecule has 130 valence electrons. The average Bonchev–Trinajstić information content (AvgIpc) is 3.02. The molecule has 2 rings (SSSR count). The summed E-state index contributed by atoms with van der Waals surface area (Å²) in [6, 6.07) is 10.8. The van der Waals surface area contributed by atoms with Crippen LogP contribution in [0.5, 0.6) is 0 Å². The summed E-state index contributed by atoms with van der Waals surface area (Å²) in [7, 11) is 0. The molecule has 25 heavy (non-hydrogen) atoms. The highest BCUT2D eigenvalue weighted by Gasteiger charge is 2.09. The molecule has 5 nitrogen and oxygen atoms in total. The zero-order valence-electron chi connectivity index (χ0n) is 12.9. The first-order valence-corrected chi connectivity index (χ1v) is 8.79. The molecular weight excluding hydrogens is 382 g/mol. The highest BCUT2D eigenvalue weighted by Crippen LogP contribution is 2.30. The van der Waals surface area contributed by atoms with Gasteiger partial charge in [0.15, 0.2) is 6.29 Å². The summed E-state index contributed by atoms with van der Waals surface area (Å²) in [6.45, 7) is 0.199. The van der Waals surface area contributed by atoms with Crippen molar-refractivity contribution in [2.24, 2.45) is 0 Å². The molecule has 0 spiro atoms. The molecule has 0 amide bonds. The number of aliphatic carboxylic acids is 1. The number of carboxylic acids is 1. The number of furan rings is 1. The number of hydrogen-bond acceptors (Lipinski definition) is 5. The van der Waals surface area contributed by atoms with Crippen LogP contribution in [0.25, 0.3) is 17.4 Å². The van der Waals surface area contributed by atoms with Crippen molar-refractivity contribution in [3.63, 3.8) is 0 Å². The Bertz CT molecular complexity index is 816. The second kappa shape index (κ2) is 9.41. The minimum absolute atomic E-state index is 0.0553. The molecule has 0 aliphatic carbocycles. The van der Waals surface area contributed by atoms with E-state index in [0.29, 0.717) is 32.1 Å². The van der Waals surface area contributed by atoms with E-state index in [-0.39, 0.29) is 13.0 Å². The summed E-state index contributed by atoms with van der Waals surface area (Å²) in [5.41, 5.74) is 0.759. The zero-order chi connectivity index (χ0) is 18.2. The van der Waals surface area contributed by atoms with Gasteiger partial charge < -0.3 is 14.8 Å². The lowest BCUT2D eigenvalue weighted by Gasteiger charge is -2.05. The number of aldehydes is 1. The first-order valence-electron chi connectivity index (χ1n) is 7.18. The minimum Gasteiger partial charge on any atom is -0.481 e. The van der Waals surface area contributed by atoms with Crippen LogP contribution in [0.2, 0.25) is 5.02 Å². The summed E-state index contributed by atoms with van der Waals surface area (Å²) in [5.74, 6) is 0.154. The van der Waals surface area contributed by atoms with E-state index in [0.717, 1.165) is 17.3 Å². The van der Waals surface area contributed by atoms with E-state index in [9.17, 15) is 9.59 Å². The second-order valence-corrected chi connectivity index (χ2v) is 6.96. The highest BCUT2D eigenvalue weighted by atomic mass is 35.5. The quantitative estimate of drug-likeness (QED) is 0.412. The highest BCUT2D eigenvalue weighted by molar-refractivity contribution is 8.26. The molecule has 0 unspecified atom stereocenters. The first-order chi connectivity index (χ1) is 12.0. The maximum Gasteiger partial charge on any atom is 0.305 e. The lowest BCUT2D eigenvalue weighted by molar-refractivity contribution is -0.136. The number of carbonyl (C=O) groups is 2. The molecule has 2 N–H and O–H groups in total. The number of thiocarbonyl (C=S) groups is 1. The lowest BCUT2D eigenvalue weighted by atomic mass is 10.2. The molecule has 0 bridgehead atoms. The fraction of sp³-hybridized carbons (Fsp3) is 0.118. The van der Waals surface area contributed by atoms with Gasteiger partial charge in [-0.25, -0.2) is 0 Å². The number of hydrogen-bond donors (Lipinski definition) is 2. The first kappa shape index (κ1) is 19.2. The number of benzene rings is 1. The monoisotopic (exact) mass is 395 g/mol. The molecule has 0 fully saturated rings. The molecule has 1 aromatic heterocycles. The van der Waals surface area contributed by atoms with Gasteiger partial charge in [0.05, 0.1) is 16.3 Å². The van der Waals surface area contributed by atoms with Gasteiger partial charge in [-0.2, -0.15) is 0 Å². The third kappa shape index (κ3) is 6.04. The molecule has 1 heterocycles. The van der Waals surface area contributed by atoms with Crippen molar-refractivity contribution in [2.75, 3.05) is 6.54 Å². The van der Waals surface area contributed by atoms with Crippen LogP contribution in [-0.2, 0) is 9.59 Å². The van der Waals surface area contributed by atoms with Gasteiger partial charge in [-0.05, 0) is 30.3 Å². The Balaban J connectivity index is 2.05. The fourth-order valence-corrected chi connectivity index (χ4v) is 3.11. The van der Waals surface area contributed by atoms with Gasteiger partial charge in [-0.3, -0.25) is 9.59 Å². The van der Waals surface area contributed by atoms with Crippen molar-refractivity contribution in [2.45, 2.75) is 6.42 Å². The Labute approximate surface area is 159 Å². The molecule has 2 aromatic rings. The number of allylic oxidation sites excluding steroid dienone is 1. The third-order valence-electron chi connectivity index (χ3n) is 2.99. The maximum absolute atomic E-state index is 11.2. The molecule has 0 saturated carbocycles. The van der Waals surface area contributed by atoms with Crippen LogP contribution in [0.15, 0.2) is 45.7 Å².